The molecule has 1 aliphatic carbocycles. The van der Waals surface area contributed by atoms with Crippen molar-refractivity contribution in [3.63, 3.8) is 0 Å². The molecule has 1 amide bonds. The molecule has 5 nitrogen and oxygen atoms in total. The molecule has 1 atom stereocenters. The zero-order valence-corrected chi connectivity index (χ0v) is 12.7. The molecule has 3 aromatic rings. The van der Waals surface area contributed by atoms with E-state index < -0.39 is 0 Å². The number of nitrogens with one attached hydrogen (secondary N) is 1. The second-order valence-electron chi connectivity index (χ2n) is 6.00. The Kier molecular flexibility index (Phi) is 3.54. The predicted octanol–water partition coefficient (Wildman–Crippen LogP) is 2.96. The molecule has 0 spiro atoms. The molecule has 5 heteroatoms. The van der Waals surface area contributed by atoms with Crippen LogP contribution in [-0.2, 0) is 17.8 Å². The van der Waals surface area contributed by atoms with E-state index in [9.17, 15) is 4.79 Å². The topological polar surface area (TPSA) is 68.0 Å². The van der Waals surface area contributed by atoms with Crippen LogP contribution >= 0.6 is 0 Å². The highest BCUT2D eigenvalue weighted by Gasteiger charge is 2.23. The van der Waals surface area contributed by atoms with Gasteiger partial charge >= 0.3 is 0 Å². The smallest absolute Gasteiger partial charge is 0.220 e. The van der Waals surface area contributed by atoms with E-state index in [1.165, 1.54) is 11.1 Å². The van der Waals surface area contributed by atoms with Crippen LogP contribution in [0.1, 0.15) is 35.4 Å². The number of amides is 1. The first-order chi connectivity index (χ1) is 11.3. The number of nitrogens with zero attached hydrogens (tertiary/aromatic N) is 2. The second-order valence-corrected chi connectivity index (χ2v) is 6.00. The molecule has 1 aromatic heterocycles. The monoisotopic (exact) mass is 307 g/mol. The van der Waals surface area contributed by atoms with Gasteiger partial charge in [0.2, 0.25) is 5.91 Å². The average Bonchev–Trinajstić information content (AvgIpc) is 3.20. The first-order valence-corrected chi connectivity index (χ1v) is 7.85. The molecule has 1 heterocycles. The van der Waals surface area contributed by atoms with E-state index in [1.54, 1.807) is 0 Å². The normalized spacial score (nSPS) is 16.4. The Labute approximate surface area is 133 Å². The molecule has 0 saturated carbocycles. The predicted molar refractivity (Wildman–Crippen MR) is 85.8 cm³/mol. The van der Waals surface area contributed by atoms with Gasteiger partial charge in [-0.15, -0.1) is 0 Å². The second kappa shape index (κ2) is 5.83. The third-order valence-electron chi connectivity index (χ3n) is 4.50. The summed E-state index contributed by atoms with van der Waals surface area (Å²) in [4.78, 5) is 12.2. The minimum absolute atomic E-state index is 0.0880. The van der Waals surface area contributed by atoms with E-state index in [4.69, 9.17) is 0 Å². The molecular formula is C18H17N3O2. The average molecular weight is 307 g/mol. The lowest BCUT2D eigenvalue weighted by atomic mass is 9.97. The number of aromatic nitrogens is 2. The van der Waals surface area contributed by atoms with E-state index in [-0.39, 0.29) is 5.91 Å². The number of carbonyl (C=O) groups is 1. The number of hydrogen-bond donors (Lipinski definition) is 1. The molecule has 0 fully saturated rings. The molecule has 4 rings (SSSR count). The fraction of sp³-hybridized carbons (Fsp3) is 0.278. The first kappa shape index (κ1) is 13.9. The molecule has 0 unspecified atom stereocenters. The fourth-order valence-electron chi connectivity index (χ4n) is 3.29. The number of hydrogen-bond acceptors (Lipinski definition) is 4. The highest BCUT2D eigenvalue weighted by molar-refractivity contribution is 5.78. The van der Waals surface area contributed by atoms with Gasteiger partial charge in [0, 0.05) is 13.0 Å². The zero-order chi connectivity index (χ0) is 15.6. The summed E-state index contributed by atoms with van der Waals surface area (Å²) >= 11 is 0. The maximum absolute atomic E-state index is 12.2. The lowest BCUT2D eigenvalue weighted by Gasteiger charge is -2.11. The van der Waals surface area contributed by atoms with Crippen LogP contribution in [0.25, 0.3) is 11.0 Å². The Bertz CT molecular complexity index is 856. The summed E-state index contributed by atoms with van der Waals surface area (Å²) in [5.74, 6) is 0.429. The van der Waals surface area contributed by atoms with Crippen molar-refractivity contribution in [2.75, 3.05) is 0 Å². The minimum Gasteiger partial charge on any atom is -0.352 e. The van der Waals surface area contributed by atoms with E-state index in [0.29, 0.717) is 24.4 Å². The molecule has 0 aliphatic heterocycles. The highest BCUT2D eigenvalue weighted by Crippen LogP contribution is 2.35. The van der Waals surface area contributed by atoms with Crippen molar-refractivity contribution in [1.82, 2.24) is 15.6 Å². The Hall–Kier alpha value is -2.69. The Balaban J connectivity index is 1.37. The Morgan fingerprint density at radius 2 is 2.04 bits per heavy atom. The standard InChI is InChI=1S/C18H17N3O2/c22-18(10-14-7-6-13-3-1-2-4-15(13)14)19-11-12-5-8-16-17(9-12)21-23-20-16/h1-5,8-9,14H,6-7,10-11H2,(H,19,22)/t14-/m0/s1. The van der Waals surface area contributed by atoms with Crippen molar-refractivity contribution < 1.29 is 9.42 Å². The van der Waals surface area contributed by atoms with Crippen LogP contribution in [0.3, 0.4) is 0 Å². The van der Waals surface area contributed by atoms with Crippen LogP contribution in [0.2, 0.25) is 0 Å². The SMILES string of the molecule is O=C(C[C@@H]1CCc2ccccc21)NCc1ccc2nonc2c1. The first-order valence-electron chi connectivity index (χ1n) is 7.85. The number of rotatable bonds is 4. The van der Waals surface area contributed by atoms with Crippen molar-refractivity contribution in [3.8, 4) is 0 Å². The summed E-state index contributed by atoms with van der Waals surface area (Å²) < 4.78 is 4.68. The van der Waals surface area contributed by atoms with E-state index in [1.807, 2.05) is 18.2 Å². The quantitative estimate of drug-likeness (QED) is 0.804. The molecule has 0 bridgehead atoms. The molecule has 2 aromatic carbocycles. The Morgan fingerprint density at radius 1 is 1.17 bits per heavy atom. The van der Waals surface area contributed by atoms with Crippen molar-refractivity contribution in [2.45, 2.75) is 31.7 Å². The third-order valence-corrected chi connectivity index (χ3v) is 4.50. The summed E-state index contributed by atoms with van der Waals surface area (Å²) in [6, 6.07) is 14.1. The van der Waals surface area contributed by atoms with Crippen LogP contribution in [-0.4, -0.2) is 16.2 Å². The Morgan fingerprint density at radius 3 is 3.00 bits per heavy atom. The molecule has 0 saturated heterocycles. The van der Waals surface area contributed by atoms with E-state index in [2.05, 4.69) is 44.5 Å². The van der Waals surface area contributed by atoms with Crippen molar-refractivity contribution in [2.24, 2.45) is 0 Å². The van der Waals surface area contributed by atoms with Gasteiger partial charge in [-0.05, 0) is 57.9 Å². The van der Waals surface area contributed by atoms with E-state index in [0.717, 1.165) is 23.9 Å². The lowest BCUT2D eigenvalue weighted by Crippen LogP contribution is -2.24. The number of fused-ring (bicyclic) bond motifs is 2. The van der Waals surface area contributed by atoms with Gasteiger partial charge in [-0.25, -0.2) is 4.63 Å². The molecule has 0 radical (unpaired) electrons. The van der Waals surface area contributed by atoms with E-state index >= 15 is 0 Å². The van der Waals surface area contributed by atoms with Crippen LogP contribution < -0.4 is 5.32 Å². The summed E-state index contributed by atoms with van der Waals surface area (Å²) in [6.07, 6.45) is 2.68. The van der Waals surface area contributed by atoms with Gasteiger partial charge in [0.25, 0.3) is 0 Å². The maximum atomic E-state index is 12.2. The van der Waals surface area contributed by atoms with Crippen LogP contribution in [0.4, 0.5) is 0 Å². The summed E-state index contributed by atoms with van der Waals surface area (Å²) in [5.41, 5.74) is 5.14. The van der Waals surface area contributed by atoms with Gasteiger partial charge in [0.1, 0.15) is 11.0 Å². The molecule has 1 aliphatic rings. The van der Waals surface area contributed by atoms with Gasteiger partial charge < -0.3 is 5.32 Å². The van der Waals surface area contributed by atoms with Crippen molar-refractivity contribution in [1.29, 1.82) is 0 Å². The maximum Gasteiger partial charge on any atom is 0.220 e. The molecular weight excluding hydrogens is 290 g/mol. The number of benzene rings is 2. The minimum atomic E-state index is 0.0880. The molecule has 116 valence electrons. The molecule has 1 N–H and O–H groups in total. The van der Waals surface area contributed by atoms with Crippen LogP contribution in [0.15, 0.2) is 47.1 Å². The largest absolute Gasteiger partial charge is 0.352 e. The molecule has 23 heavy (non-hydrogen) atoms. The summed E-state index contributed by atoms with van der Waals surface area (Å²) in [5, 5.41) is 10.6. The number of aryl methyl sites for hydroxylation is 1. The third kappa shape index (κ3) is 2.82. The van der Waals surface area contributed by atoms with Crippen LogP contribution in [0, 0.1) is 0 Å². The van der Waals surface area contributed by atoms with Gasteiger partial charge in [0.15, 0.2) is 0 Å². The van der Waals surface area contributed by atoms with Crippen molar-refractivity contribution in [3.05, 3.63) is 59.2 Å². The zero-order valence-electron chi connectivity index (χ0n) is 12.7. The summed E-state index contributed by atoms with van der Waals surface area (Å²) in [6.45, 7) is 0.496. The van der Waals surface area contributed by atoms with Gasteiger partial charge in [0.05, 0.1) is 0 Å². The van der Waals surface area contributed by atoms with Crippen LogP contribution in [0.5, 0.6) is 0 Å². The fourth-order valence-corrected chi connectivity index (χ4v) is 3.29. The van der Waals surface area contributed by atoms with Gasteiger partial charge in [-0.3, -0.25) is 4.79 Å². The lowest BCUT2D eigenvalue weighted by molar-refractivity contribution is -0.121. The van der Waals surface area contributed by atoms with Gasteiger partial charge in [-0.1, -0.05) is 30.3 Å². The highest BCUT2D eigenvalue weighted by atomic mass is 16.6. The summed E-state index contributed by atoms with van der Waals surface area (Å²) in [7, 11) is 0. The van der Waals surface area contributed by atoms with Gasteiger partial charge in [-0.2, -0.15) is 0 Å². The number of carbonyl (C=O) groups excluding carboxylic acids is 1. The van der Waals surface area contributed by atoms with Crippen molar-refractivity contribution >= 4 is 16.9 Å².